The van der Waals surface area contributed by atoms with Crippen molar-refractivity contribution >= 4 is 29.3 Å². The number of rotatable bonds is 4. The predicted octanol–water partition coefficient (Wildman–Crippen LogP) is 2.57. The van der Waals surface area contributed by atoms with Gasteiger partial charge in [-0.05, 0) is 0 Å². The summed E-state index contributed by atoms with van der Waals surface area (Å²) < 4.78 is 39.1. The standard InChI is InChI=1S/C9H7F3N4O2S2/c1-2-4-13-3-16(15-4)20-8-14-6(9(10,11)12)5(19-8)7(17)18/h3H,2H2,1H3,(H,17,18). The zero-order chi connectivity index (χ0) is 14.9. The third-order valence-corrected chi connectivity index (χ3v) is 4.00. The molecule has 0 saturated carbocycles. The Morgan fingerprint density at radius 2 is 2.25 bits per heavy atom. The number of alkyl halides is 3. The van der Waals surface area contributed by atoms with Crippen LogP contribution in [0.3, 0.4) is 0 Å². The molecule has 0 aliphatic rings. The van der Waals surface area contributed by atoms with E-state index in [0.29, 0.717) is 23.6 Å². The first-order chi connectivity index (χ1) is 9.31. The molecule has 20 heavy (non-hydrogen) atoms. The molecule has 0 aromatic carbocycles. The van der Waals surface area contributed by atoms with Crippen LogP contribution in [0.25, 0.3) is 0 Å². The van der Waals surface area contributed by atoms with Crippen LogP contribution in [0.1, 0.15) is 28.1 Å². The number of halogens is 3. The molecule has 2 aromatic rings. The van der Waals surface area contributed by atoms with Crippen molar-refractivity contribution < 1.29 is 23.1 Å². The highest BCUT2D eigenvalue weighted by Gasteiger charge is 2.39. The second-order valence-corrected chi connectivity index (χ2v) is 5.67. The molecule has 0 atom stereocenters. The van der Waals surface area contributed by atoms with Crippen LogP contribution in [0.5, 0.6) is 0 Å². The predicted molar refractivity (Wildman–Crippen MR) is 64.7 cm³/mol. The Morgan fingerprint density at radius 3 is 2.70 bits per heavy atom. The number of aromatic carboxylic acids is 1. The van der Waals surface area contributed by atoms with Crippen molar-refractivity contribution in [2.24, 2.45) is 0 Å². The normalized spacial score (nSPS) is 11.8. The topological polar surface area (TPSA) is 80.9 Å². The minimum absolute atomic E-state index is 0.0673. The Bertz CT molecular complexity index is 637. The summed E-state index contributed by atoms with van der Waals surface area (Å²) in [4.78, 5) is 17.2. The van der Waals surface area contributed by atoms with Crippen molar-refractivity contribution in [3.63, 3.8) is 0 Å². The number of nitrogens with zero attached hydrogens (tertiary/aromatic N) is 4. The Hall–Kier alpha value is -1.62. The maximum atomic E-state index is 12.7. The lowest BCUT2D eigenvalue weighted by atomic mass is 10.3. The van der Waals surface area contributed by atoms with Crippen molar-refractivity contribution in [2.75, 3.05) is 0 Å². The summed E-state index contributed by atoms with van der Waals surface area (Å²) in [5.41, 5.74) is -1.40. The van der Waals surface area contributed by atoms with Gasteiger partial charge in [-0.2, -0.15) is 17.3 Å². The molecule has 108 valence electrons. The maximum absolute atomic E-state index is 12.7. The van der Waals surface area contributed by atoms with E-state index in [1.807, 2.05) is 6.92 Å². The highest BCUT2D eigenvalue weighted by molar-refractivity contribution is 7.99. The summed E-state index contributed by atoms with van der Waals surface area (Å²) in [7, 11) is 0. The number of carbonyl (C=O) groups is 1. The summed E-state index contributed by atoms with van der Waals surface area (Å²) in [6, 6.07) is 0. The van der Waals surface area contributed by atoms with Crippen molar-refractivity contribution in [1.29, 1.82) is 0 Å². The van der Waals surface area contributed by atoms with E-state index in [1.165, 1.54) is 10.4 Å². The number of hydrogen-bond acceptors (Lipinski definition) is 6. The molecule has 0 fully saturated rings. The summed E-state index contributed by atoms with van der Waals surface area (Å²) in [6.07, 6.45) is -2.89. The number of carboxylic acids is 1. The molecule has 2 aromatic heterocycles. The molecule has 0 unspecified atom stereocenters. The monoisotopic (exact) mass is 324 g/mol. The first kappa shape index (κ1) is 14.8. The highest BCUT2D eigenvalue weighted by atomic mass is 32.2. The number of thiazole rings is 1. The van der Waals surface area contributed by atoms with Crippen molar-refractivity contribution in [1.82, 2.24) is 19.2 Å². The molecule has 2 rings (SSSR count). The number of hydrogen-bond donors (Lipinski definition) is 1. The smallest absolute Gasteiger partial charge is 0.435 e. The summed E-state index contributed by atoms with van der Waals surface area (Å²) >= 11 is 1.23. The molecule has 0 aliphatic carbocycles. The third kappa shape index (κ3) is 3.10. The lowest BCUT2D eigenvalue weighted by Crippen LogP contribution is -2.11. The van der Waals surface area contributed by atoms with E-state index < -0.39 is 22.7 Å². The van der Waals surface area contributed by atoms with Gasteiger partial charge in [-0.1, -0.05) is 18.3 Å². The van der Waals surface area contributed by atoms with Gasteiger partial charge in [0, 0.05) is 18.4 Å². The fraction of sp³-hybridized carbons (Fsp3) is 0.333. The zero-order valence-electron chi connectivity index (χ0n) is 9.88. The fourth-order valence-electron chi connectivity index (χ4n) is 1.24. The van der Waals surface area contributed by atoms with Gasteiger partial charge in [0.1, 0.15) is 11.2 Å². The van der Waals surface area contributed by atoms with Gasteiger partial charge in [0.05, 0.1) is 0 Å². The molecule has 6 nitrogen and oxygen atoms in total. The molecular weight excluding hydrogens is 317 g/mol. The zero-order valence-corrected chi connectivity index (χ0v) is 11.5. The molecular formula is C9H7F3N4O2S2. The summed E-state index contributed by atoms with van der Waals surface area (Å²) in [5.74, 6) is -1.13. The van der Waals surface area contributed by atoms with Crippen LogP contribution in [0.4, 0.5) is 13.2 Å². The summed E-state index contributed by atoms with van der Waals surface area (Å²) in [6.45, 7) is 1.83. The van der Waals surface area contributed by atoms with Crippen LogP contribution in [0.2, 0.25) is 0 Å². The molecule has 2 heterocycles. The van der Waals surface area contributed by atoms with Gasteiger partial charge in [-0.15, -0.1) is 5.10 Å². The van der Waals surface area contributed by atoms with E-state index >= 15 is 0 Å². The molecule has 0 aliphatic heterocycles. The summed E-state index contributed by atoms with van der Waals surface area (Å²) in [5, 5.41) is 12.8. The Labute approximate surface area is 118 Å². The lowest BCUT2D eigenvalue weighted by molar-refractivity contribution is -0.141. The number of aromatic nitrogens is 4. The highest BCUT2D eigenvalue weighted by Crippen LogP contribution is 2.37. The van der Waals surface area contributed by atoms with Gasteiger partial charge < -0.3 is 5.11 Å². The van der Waals surface area contributed by atoms with Gasteiger partial charge >= 0.3 is 12.1 Å². The Balaban J connectivity index is 2.31. The minimum atomic E-state index is -4.81. The maximum Gasteiger partial charge on any atom is 0.435 e. The second kappa shape index (κ2) is 5.40. The van der Waals surface area contributed by atoms with Gasteiger partial charge in [0.25, 0.3) is 0 Å². The first-order valence-electron chi connectivity index (χ1n) is 5.21. The van der Waals surface area contributed by atoms with Crippen LogP contribution >= 0.6 is 23.3 Å². The first-order valence-corrected chi connectivity index (χ1v) is 6.80. The van der Waals surface area contributed by atoms with Gasteiger partial charge in [-0.25, -0.2) is 14.8 Å². The second-order valence-electron chi connectivity index (χ2n) is 3.47. The van der Waals surface area contributed by atoms with Crippen LogP contribution in [-0.2, 0) is 12.6 Å². The minimum Gasteiger partial charge on any atom is -0.477 e. The average molecular weight is 324 g/mol. The molecule has 0 radical (unpaired) electrons. The van der Waals surface area contributed by atoms with Crippen LogP contribution in [-0.4, -0.2) is 30.2 Å². The fourth-order valence-corrected chi connectivity index (χ4v) is 3.05. The van der Waals surface area contributed by atoms with E-state index in [2.05, 4.69) is 15.1 Å². The Kier molecular flexibility index (Phi) is 3.99. The molecule has 1 N–H and O–H groups in total. The van der Waals surface area contributed by atoms with Gasteiger partial charge in [0.2, 0.25) is 0 Å². The average Bonchev–Trinajstić information content (AvgIpc) is 2.95. The van der Waals surface area contributed by atoms with Crippen LogP contribution in [0.15, 0.2) is 10.7 Å². The van der Waals surface area contributed by atoms with Gasteiger partial charge in [0.15, 0.2) is 15.9 Å². The van der Waals surface area contributed by atoms with Gasteiger partial charge in [-0.3, -0.25) is 0 Å². The van der Waals surface area contributed by atoms with Crippen LogP contribution in [0, 0.1) is 0 Å². The number of aryl methyl sites for hydroxylation is 1. The van der Waals surface area contributed by atoms with Crippen molar-refractivity contribution in [3.05, 3.63) is 22.7 Å². The molecule has 0 bridgehead atoms. The van der Waals surface area contributed by atoms with E-state index in [-0.39, 0.29) is 4.34 Å². The van der Waals surface area contributed by atoms with Crippen LogP contribution < -0.4 is 0 Å². The van der Waals surface area contributed by atoms with Crippen molar-refractivity contribution in [2.45, 2.75) is 23.9 Å². The quantitative estimate of drug-likeness (QED) is 0.931. The third-order valence-electron chi connectivity index (χ3n) is 2.08. The van der Waals surface area contributed by atoms with E-state index in [4.69, 9.17) is 5.11 Å². The molecule has 0 saturated heterocycles. The van der Waals surface area contributed by atoms with Crippen molar-refractivity contribution in [3.8, 4) is 0 Å². The molecule has 0 spiro atoms. The Morgan fingerprint density at radius 1 is 1.55 bits per heavy atom. The van der Waals surface area contributed by atoms with E-state index in [9.17, 15) is 18.0 Å². The molecule has 0 amide bonds. The molecule has 11 heteroatoms. The van der Waals surface area contributed by atoms with E-state index in [1.54, 1.807) is 0 Å². The lowest BCUT2D eigenvalue weighted by Gasteiger charge is -2.02. The van der Waals surface area contributed by atoms with E-state index in [0.717, 1.165) is 11.9 Å². The number of carboxylic acid groups (broad SMARTS) is 1. The SMILES string of the molecule is CCc1ncn(Sc2nc(C(F)(F)F)c(C(=O)O)s2)n1. The largest absolute Gasteiger partial charge is 0.477 e.